The molecule has 0 fully saturated rings. The Hall–Kier alpha value is -3.36. The summed E-state index contributed by atoms with van der Waals surface area (Å²) in [6, 6.07) is 18.7. The number of anilines is 1. The molecule has 0 aliphatic carbocycles. The number of nitrogens with one attached hydrogen (secondary N) is 1. The summed E-state index contributed by atoms with van der Waals surface area (Å²) >= 11 is 0. The van der Waals surface area contributed by atoms with Crippen LogP contribution in [0.5, 0.6) is 5.75 Å². The quantitative estimate of drug-likeness (QED) is 0.372. The maximum atomic E-state index is 13.9. The largest absolute Gasteiger partial charge is 0.491 e. The van der Waals surface area contributed by atoms with E-state index in [1.807, 2.05) is 44.2 Å². The third-order valence-corrected chi connectivity index (χ3v) is 6.75. The van der Waals surface area contributed by atoms with E-state index in [1.165, 1.54) is 16.4 Å². The number of hydroxylamine groups is 1. The van der Waals surface area contributed by atoms with Gasteiger partial charge in [0.1, 0.15) is 5.75 Å². The number of carbonyl (C=O) groups is 1. The van der Waals surface area contributed by atoms with Gasteiger partial charge in [0.25, 0.3) is 15.9 Å². The highest BCUT2D eigenvalue weighted by atomic mass is 32.2. The highest BCUT2D eigenvalue weighted by molar-refractivity contribution is 7.92. The number of sulfonamides is 1. The lowest BCUT2D eigenvalue weighted by molar-refractivity contribution is 0.0707. The van der Waals surface area contributed by atoms with Gasteiger partial charge in [0.05, 0.1) is 28.8 Å². The first-order valence-corrected chi connectivity index (χ1v) is 12.0. The van der Waals surface area contributed by atoms with Crippen molar-refractivity contribution >= 4 is 21.6 Å². The van der Waals surface area contributed by atoms with Crippen LogP contribution in [-0.4, -0.2) is 25.6 Å². The van der Waals surface area contributed by atoms with E-state index in [2.05, 4.69) is 0 Å². The Bertz CT molecular complexity index is 1220. The van der Waals surface area contributed by atoms with Crippen molar-refractivity contribution < 1.29 is 23.2 Å². The van der Waals surface area contributed by atoms with E-state index in [1.54, 1.807) is 43.6 Å². The highest BCUT2D eigenvalue weighted by Crippen LogP contribution is 2.33. The van der Waals surface area contributed by atoms with Gasteiger partial charge in [-0.15, -0.1) is 0 Å². The van der Waals surface area contributed by atoms with E-state index in [-0.39, 0.29) is 28.8 Å². The molecule has 0 aliphatic rings. The van der Waals surface area contributed by atoms with Crippen LogP contribution in [0.3, 0.4) is 0 Å². The number of rotatable bonds is 8. The molecule has 0 atom stereocenters. The summed E-state index contributed by atoms with van der Waals surface area (Å²) in [4.78, 5) is 12.6. The maximum Gasteiger partial charge on any atom is 0.276 e. The lowest BCUT2D eigenvalue weighted by Crippen LogP contribution is -2.34. The molecule has 0 aliphatic heterocycles. The first kappa shape index (κ1) is 24.3. The summed E-state index contributed by atoms with van der Waals surface area (Å²) in [6.45, 7) is 7.32. The molecule has 1 amide bonds. The Morgan fingerprint density at radius 1 is 1.03 bits per heavy atom. The van der Waals surface area contributed by atoms with Crippen LogP contribution in [-0.2, 0) is 16.6 Å². The Morgan fingerprint density at radius 3 is 2.24 bits per heavy atom. The topological polar surface area (TPSA) is 95.9 Å². The zero-order valence-corrected chi connectivity index (χ0v) is 19.9. The summed E-state index contributed by atoms with van der Waals surface area (Å²) in [6.07, 6.45) is -0.0446. The van der Waals surface area contributed by atoms with E-state index in [0.29, 0.717) is 11.3 Å². The fourth-order valence-corrected chi connectivity index (χ4v) is 5.18. The molecular formula is C25H28N2O5S. The Kier molecular flexibility index (Phi) is 7.40. The molecular weight excluding hydrogens is 440 g/mol. The number of ether oxygens (including phenoxy) is 1. The third-order valence-electron chi connectivity index (χ3n) is 4.99. The number of hydrogen-bond donors (Lipinski definition) is 2. The van der Waals surface area contributed by atoms with Crippen LogP contribution >= 0.6 is 0 Å². The Labute approximate surface area is 194 Å². The van der Waals surface area contributed by atoms with Crippen molar-refractivity contribution in [2.45, 2.75) is 45.2 Å². The third kappa shape index (κ3) is 5.53. The summed E-state index contributed by atoms with van der Waals surface area (Å²) in [5, 5.41) is 9.31. The summed E-state index contributed by atoms with van der Waals surface area (Å²) in [5.74, 6) is -0.226. The smallest absolute Gasteiger partial charge is 0.276 e. The molecule has 0 heterocycles. The number of hydrogen-bond acceptors (Lipinski definition) is 5. The molecule has 0 aromatic heterocycles. The minimum Gasteiger partial charge on any atom is -0.491 e. The van der Waals surface area contributed by atoms with Crippen molar-refractivity contribution in [2.75, 3.05) is 4.31 Å². The minimum atomic E-state index is -4.08. The normalized spacial score (nSPS) is 11.3. The first-order valence-electron chi connectivity index (χ1n) is 10.5. The second-order valence-electron chi connectivity index (χ2n) is 8.05. The van der Waals surface area contributed by atoms with Gasteiger partial charge in [-0.25, -0.2) is 13.9 Å². The van der Waals surface area contributed by atoms with E-state index in [4.69, 9.17) is 4.74 Å². The molecule has 0 spiro atoms. The van der Waals surface area contributed by atoms with E-state index >= 15 is 0 Å². The molecule has 3 rings (SSSR count). The van der Waals surface area contributed by atoms with Crippen LogP contribution in [0.2, 0.25) is 0 Å². The van der Waals surface area contributed by atoms with E-state index in [0.717, 1.165) is 11.1 Å². The SMILES string of the molecule is Cc1cc(C)c(N(Cc2ccccc2)S(=O)(=O)c2ccc(OC(C)C)cc2)c(C(=O)NO)c1. The van der Waals surface area contributed by atoms with Gasteiger partial charge in [0, 0.05) is 0 Å². The lowest BCUT2D eigenvalue weighted by atomic mass is 10.0. The molecule has 8 heteroatoms. The van der Waals surface area contributed by atoms with Crippen LogP contribution in [0.25, 0.3) is 0 Å². The zero-order valence-electron chi connectivity index (χ0n) is 19.1. The summed E-state index contributed by atoms with van der Waals surface area (Å²) in [5.41, 5.74) is 4.01. The predicted octanol–water partition coefficient (Wildman–Crippen LogP) is 4.61. The standard InChI is InChI=1S/C25H28N2O5S/c1-17(2)32-21-10-12-22(13-11-21)33(30,31)27(16-20-8-6-5-7-9-20)24-19(4)14-18(3)15-23(24)25(28)26-29/h5-15,17,29H,16H2,1-4H3,(H,26,28). The molecule has 2 N–H and O–H groups in total. The predicted molar refractivity (Wildman–Crippen MR) is 127 cm³/mol. The van der Waals surface area contributed by atoms with Gasteiger partial charge >= 0.3 is 0 Å². The molecule has 174 valence electrons. The first-order chi connectivity index (χ1) is 15.6. The second kappa shape index (κ2) is 10.1. The Balaban J connectivity index is 2.18. The number of aryl methyl sites for hydroxylation is 2. The van der Waals surface area contributed by atoms with Crippen LogP contribution < -0.4 is 14.5 Å². The fourth-order valence-electron chi connectivity index (χ4n) is 3.65. The van der Waals surface area contributed by atoms with Crippen molar-refractivity contribution in [3.05, 3.63) is 89.0 Å². The van der Waals surface area contributed by atoms with Gasteiger partial charge in [-0.2, -0.15) is 0 Å². The van der Waals surface area contributed by atoms with Crippen molar-refractivity contribution in [3.63, 3.8) is 0 Å². The minimum absolute atomic E-state index is 0.00300. The Morgan fingerprint density at radius 2 is 1.67 bits per heavy atom. The molecule has 7 nitrogen and oxygen atoms in total. The zero-order chi connectivity index (χ0) is 24.2. The molecule has 0 saturated heterocycles. The molecule has 3 aromatic carbocycles. The van der Waals surface area contributed by atoms with Crippen molar-refractivity contribution in [1.82, 2.24) is 5.48 Å². The average Bonchev–Trinajstić information content (AvgIpc) is 2.77. The average molecular weight is 469 g/mol. The van der Waals surface area contributed by atoms with Crippen molar-refractivity contribution in [2.24, 2.45) is 0 Å². The van der Waals surface area contributed by atoms with Crippen LogP contribution in [0, 0.1) is 13.8 Å². The number of benzene rings is 3. The van der Waals surface area contributed by atoms with Crippen molar-refractivity contribution in [1.29, 1.82) is 0 Å². The molecule has 3 aromatic rings. The second-order valence-corrected chi connectivity index (χ2v) is 9.92. The molecule has 0 saturated carbocycles. The number of carbonyl (C=O) groups excluding carboxylic acids is 1. The fraction of sp³-hybridized carbons (Fsp3) is 0.240. The summed E-state index contributed by atoms with van der Waals surface area (Å²) in [7, 11) is -4.08. The van der Waals surface area contributed by atoms with E-state index < -0.39 is 15.9 Å². The van der Waals surface area contributed by atoms with Crippen LogP contribution in [0.4, 0.5) is 5.69 Å². The van der Waals surface area contributed by atoms with Gasteiger partial charge in [-0.05, 0) is 74.7 Å². The van der Waals surface area contributed by atoms with Crippen molar-refractivity contribution in [3.8, 4) is 5.75 Å². The van der Waals surface area contributed by atoms with Crippen LogP contribution in [0.1, 0.15) is 40.9 Å². The highest BCUT2D eigenvalue weighted by Gasteiger charge is 2.30. The van der Waals surface area contributed by atoms with Crippen LogP contribution in [0.15, 0.2) is 71.6 Å². The maximum absolute atomic E-state index is 13.9. The van der Waals surface area contributed by atoms with Gasteiger partial charge in [-0.3, -0.25) is 14.3 Å². The molecule has 0 unspecified atom stereocenters. The van der Waals surface area contributed by atoms with Gasteiger partial charge in [0.15, 0.2) is 0 Å². The van der Waals surface area contributed by atoms with E-state index in [9.17, 15) is 18.4 Å². The summed E-state index contributed by atoms with van der Waals surface area (Å²) < 4.78 is 34.6. The number of amides is 1. The molecule has 0 radical (unpaired) electrons. The van der Waals surface area contributed by atoms with Gasteiger partial charge in [-0.1, -0.05) is 36.4 Å². The molecule has 0 bridgehead atoms. The number of nitrogens with zero attached hydrogens (tertiary/aromatic N) is 1. The van der Waals surface area contributed by atoms with Gasteiger partial charge in [0.2, 0.25) is 0 Å². The van der Waals surface area contributed by atoms with Gasteiger partial charge < -0.3 is 4.74 Å². The monoisotopic (exact) mass is 468 g/mol. The molecule has 33 heavy (non-hydrogen) atoms. The lowest BCUT2D eigenvalue weighted by Gasteiger charge is -2.28.